The van der Waals surface area contributed by atoms with Crippen LogP contribution >= 0.6 is 11.6 Å². The third-order valence-corrected chi connectivity index (χ3v) is 6.67. The summed E-state index contributed by atoms with van der Waals surface area (Å²) in [6, 6.07) is 13.0. The lowest BCUT2D eigenvalue weighted by molar-refractivity contribution is -0.143. The third kappa shape index (κ3) is 4.27. The molecule has 172 valence electrons. The van der Waals surface area contributed by atoms with Gasteiger partial charge >= 0.3 is 5.97 Å². The molecule has 3 atom stereocenters. The number of hydrogen-bond donors (Lipinski definition) is 0. The summed E-state index contributed by atoms with van der Waals surface area (Å²) in [5.74, 6) is -0.391. The Bertz CT molecular complexity index is 1170. The van der Waals surface area contributed by atoms with Crippen LogP contribution in [0.3, 0.4) is 0 Å². The van der Waals surface area contributed by atoms with Gasteiger partial charge in [0, 0.05) is 34.3 Å². The molecule has 1 aliphatic carbocycles. The highest BCUT2D eigenvalue weighted by Gasteiger charge is 2.44. The highest BCUT2D eigenvalue weighted by molar-refractivity contribution is 6.30. The molecule has 2 aromatic rings. The summed E-state index contributed by atoms with van der Waals surface area (Å²) in [4.78, 5) is 31.0. The summed E-state index contributed by atoms with van der Waals surface area (Å²) >= 11 is 6.26. The molecule has 0 fully saturated rings. The molecule has 0 N–H and O–H groups in total. The topological polar surface area (TPSA) is 74.2 Å². The maximum Gasteiger partial charge on any atom is 0.315 e. The van der Waals surface area contributed by atoms with Gasteiger partial charge in [0.2, 0.25) is 0 Å². The highest BCUT2D eigenvalue weighted by atomic mass is 35.5. The first-order chi connectivity index (χ1) is 15.9. The quantitative estimate of drug-likeness (QED) is 0.571. The highest BCUT2D eigenvalue weighted by Crippen LogP contribution is 2.47. The normalized spacial score (nSPS) is 22.4. The monoisotopic (exact) mass is 467 g/mol. The van der Waals surface area contributed by atoms with Crippen molar-refractivity contribution in [1.82, 2.24) is 0 Å². The Morgan fingerprint density at radius 1 is 1.00 bits per heavy atom. The second-order valence-corrected chi connectivity index (χ2v) is 8.73. The number of halogens is 1. The molecule has 0 saturated heterocycles. The van der Waals surface area contributed by atoms with Crippen LogP contribution in [0.5, 0.6) is 11.5 Å². The van der Waals surface area contributed by atoms with Crippen LogP contribution in [0.25, 0.3) is 0 Å². The number of benzene rings is 2. The van der Waals surface area contributed by atoms with E-state index in [1.165, 1.54) is 7.11 Å². The fourth-order valence-corrected chi connectivity index (χ4v) is 5.09. The van der Waals surface area contributed by atoms with Gasteiger partial charge in [0.25, 0.3) is 0 Å². The number of carbonyl (C=O) groups is 2. The van der Waals surface area contributed by atoms with E-state index in [0.29, 0.717) is 46.3 Å². The van der Waals surface area contributed by atoms with Gasteiger partial charge in [0.1, 0.15) is 5.92 Å². The van der Waals surface area contributed by atoms with Crippen molar-refractivity contribution in [2.75, 3.05) is 21.3 Å². The van der Waals surface area contributed by atoms with Gasteiger partial charge in [0.05, 0.1) is 21.3 Å². The van der Waals surface area contributed by atoms with Crippen molar-refractivity contribution in [2.24, 2.45) is 10.9 Å². The van der Waals surface area contributed by atoms with Crippen LogP contribution in [0.4, 0.5) is 0 Å². The van der Waals surface area contributed by atoms with Crippen LogP contribution in [0.15, 0.2) is 58.7 Å². The minimum atomic E-state index is -0.672. The molecule has 1 aliphatic heterocycles. The average molecular weight is 468 g/mol. The number of hydrogen-bond acceptors (Lipinski definition) is 6. The maximum atomic E-state index is 13.6. The van der Waals surface area contributed by atoms with E-state index in [4.69, 9.17) is 30.8 Å². The van der Waals surface area contributed by atoms with E-state index in [-0.39, 0.29) is 11.7 Å². The number of methoxy groups -OCH3 is 3. The molecular formula is C26H26ClNO5. The number of aliphatic imine (C=N–C) groups is 1. The summed E-state index contributed by atoms with van der Waals surface area (Å²) in [6.45, 7) is 1.81. The van der Waals surface area contributed by atoms with Crippen LogP contribution in [-0.4, -0.2) is 38.8 Å². The van der Waals surface area contributed by atoms with Crippen LogP contribution < -0.4 is 9.47 Å². The number of rotatable bonds is 5. The van der Waals surface area contributed by atoms with Crippen molar-refractivity contribution in [2.45, 2.75) is 31.6 Å². The van der Waals surface area contributed by atoms with E-state index in [1.807, 2.05) is 37.3 Å². The van der Waals surface area contributed by atoms with Crippen LogP contribution in [0.2, 0.25) is 5.02 Å². The molecule has 4 rings (SSSR count). The second-order valence-electron chi connectivity index (χ2n) is 8.29. The lowest BCUT2D eigenvalue weighted by Gasteiger charge is -2.36. The van der Waals surface area contributed by atoms with Crippen molar-refractivity contribution in [3.63, 3.8) is 0 Å². The van der Waals surface area contributed by atoms with Crippen molar-refractivity contribution in [1.29, 1.82) is 0 Å². The lowest BCUT2D eigenvalue weighted by atomic mass is 9.69. The molecule has 1 heterocycles. The van der Waals surface area contributed by atoms with E-state index >= 15 is 0 Å². The van der Waals surface area contributed by atoms with Crippen LogP contribution in [0, 0.1) is 5.92 Å². The molecule has 6 nitrogen and oxygen atoms in total. The van der Waals surface area contributed by atoms with Crippen LogP contribution in [-0.2, 0) is 14.3 Å². The zero-order valence-electron chi connectivity index (χ0n) is 19.1. The molecule has 1 unspecified atom stereocenters. The molecular weight excluding hydrogens is 442 g/mol. The minimum absolute atomic E-state index is 0.0221. The molecule has 0 radical (unpaired) electrons. The van der Waals surface area contributed by atoms with E-state index in [9.17, 15) is 9.59 Å². The number of ketones is 1. The van der Waals surface area contributed by atoms with Gasteiger partial charge in [-0.1, -0.05) is 29.8 Å². The van der Waals surface area contributed by atoms with Gasteiger partial charge in [-0.05, 0) is 54.7 Å². The van der Waals surface area contributed by atoms with E-state index in [0.717, 1.165) is 11.1 Å². The maximum absolute atomic E-state index is 13.6. The van der Waals surface area contributed by atoms with Gasteiger partial charge < -0.3 is 14.2 Å². The van der Waals surface area contributed by atoms with Gasteiger partial charge in [-0.15, -0.1) is 0 Å². The second kappa shape index (κ2) is 9.40. The molecule has 33 heavy (non-hydrogen) atoms. The number of ether oxygens (including phenoxy) is 3. The Kier molecular flexibility index (Phi) is 6.56. The molecule has 2 aliphatic rings. The number of esters is 1. The first-order valence-electron chi connectivity index (χ1n) is 10.7. The first kappa shape index (κ1) is 23.1. The van der Waals surface area contributed by atoms with E-state index in [1.54, 1.807) is 26.4 Å². The number of nitrogens with zero attached hydrogens (tertiary/aromatic N) is 1. The summed E-state index contributed by atoms with van der Waals surface area (Å²) < 4.78 is 15.9. The molecule has 0 aromatic heterocycles. The predicted molar refractivity (Wildman–Crippen MR) is 126 cm³/mol. The Morgan fingerprint density at radius 3 is 2.42 bits per heavy atom. The number of Topliss-reactive ketones (excluding diaryl/α,β-unsaturated/α-hetero) is 1. The minimum Gasteiger partial charge on any atom is -0.493 e. The van der Waals surface area contributed by atoms with E-state index in [2.05, 4.69) is 0 Å². The zero-order chi connectivity index (χ0) is 23.7. The predicted octanol–water partition coefficient (Wildman–Crippen LogP) is 5.11. The Labute approximate surface area is 198 Å². The van der Waals surface area contributed by atoms with Crippen molar-refractivity contribution in [3.05, 3.63) is 69.9 Å². The molecule has 7 heteroatoms. The van der Waals surface area contributed by atoms with Gasteiger partial charge in [-0.25, -0.2) is 0 Å². The van der Waals surface area contributed by atoms with Gasteiger partial charge in [0.15, 0.2) is 17.3 Å². The van der Waals surface area contributed by atoms with Crippen molar-refractivity contribution < 1.29 is 23.8 Å². The van der Waals surface area contributed by atoms with E-state index < -0.39 is 17.8 Å². The smallest absolute Gasteiger partial charge is 0.315 e. The lowest BCUT2D eigenvalue weighted by Crippen LogP contribution is -2.37. The molecule has 0 saturated carbocycles. The third-order valence-electron chi connectivity index (χ3n) is 6.43. The fourth-order valence-electron chi connectivity index (χ4n) is 4.89. The molecule has 0 amide bonds. The average Bonchev–Trinajstić information content (AvgIpc) is 2.82. The first-order valence-corrected chi connectivity index (χ1v) is 11.1. The standard InChI is InChI=1S/C26H26ClNO5/c1-14-23(26(30)33-4)24(16-6-5-7-18(27)10-16)25-19(28-14)11-17(12-20(25)29)15-8-9-21(31-2)22(13-15)32-3/h5-10,13,17,23-24H,11-12H2,1-4H3/t17-,23?,24-/m0/s1. The summed E-state index contributed by atoms with van der Waals surface area (Å²) in [5.41, 5.74) is 3.71. The number of allylic oxidation sites excluding steroid dienone is 2. The fraction of sp³-hybridized carbons (Fsp3) is 0.346. The Morgan fingerprint density at radius 2 is 1.76 bits per heavy atom. The summed E-state index contributed by atoms with van der Waals surface area (Å²) in [7, 11) is 4.53. The van der Waals surface area contributed by atoms with Crippen molar-refractivity contribution in [3.8, 4) is 11.5 Å². The van der Waals surface area contributed by atoms with Crippen LogP contribution in [0.1, 0.15) is 42.7 Å². The molecule has 2 aromatic carbocycles. The SMILES string of the molecule is COC(=O)C1C(C)=NC2=C(C(=O)C[C@@H](c3ccc(OC)c(OC)c3)C2)[C@H]1c1cccc(Cl)c1. The van der Waals surface area contributed by atoms with Crippen molar-refractivity contribution >= 4 is 29.1 Å². The summed E-state index contributed by atoms with van der Waals surface area (Å²) in [5, 5.41) is 0.546. The molecule has 0 bridgehead atoms. The van der Waals surface area contributed by atoms with Gasteiger partial charge in [-0.3, -0.25) is 14.6 Å². The largest absolute Gasteiger partial charge is 0.493 e. The van der Waals surface area contributed by atoms with Gasteiger partial charge in [-0.2, -0.15) is 0 Å². The Hall–Kier alpha value is -3.12. The number of carbonyl (C=O) groups excluding carboxylic acids is 2. The zero-order valence-corrected chi connectivity index (χ0v) is 19.8. The Balaban J connectivity index is 1.79. The molecule has 0 spiro atoms. The summed E-state index contributed by atoms with van der Waals surface area (Å²) in [6.07, 6.45) is 0.896.